The fourth-order valence-corrected chi connectivity index (χ4v) is 8.54. The summed E-state index contributed by atoms with van der Waals surface area (Å²) < 4.78 is 46.1. The number of nitrogens with one attached hydrogen (secondary N) is 2. The molecule has 0 radical (unpaired) electrons. The number of nitrogens with two attached hydrogens (primary N) is 1. The fourth-order valence-electron chi connectivity index (χ4n) is 6.01. The predicted molar refractivity (Wildman–Crippen MR) is 212 cm³/mol. The summed E-state index contributed by atoms with van der Waals surface area (Å²) in [5.41, 5.74) is 6.36. The van der Waals surface area contributed by atoms with Crippen molar-refractivity contribution in [1.29, 1.82) is 0 Å². The Labute approximate surface area is 325 Å². The van der Waals surface area contributed by atoms with Gasteiger partial charge in [0.25, 0.3) is 0 Å². The van der Waals surface area contributed by atoms with E-state index in [1.807, 2.05) is 74.5 Å². The van der Waals surface area contributed by atoms with Gasteiger partial charge in [0.1, 0.15) is 31.0 Å². The molecule has 2 aromatic carbocycles. The maximum atomic E-state index is 15.0. The van der Waals surface area contributed by atoms with Gasteiger partial charge in [0.15, 0.2) is 27.5 Å². The van der Waals surface area contributed by atoms with Gasteiger partial charge in [0, 0.05) is 0 Å². The summed E-state index contributed by atoms with van der Waals surface area (Å²) in [5, 5.41) is 29.6. The van der Waals surface area contributed by atoms with Gasteiger partial charge >= 0.3 is 7.67 Å². The maximum Gasteiger partial charge on any atom is 0.342 e. The molecular weight excluding hydrogens is 754 g/mol. The lowest BCUT2D eigenvalue weighted by atomic mass is 9.96. The van der Waals surface area contributed by atoms with Crippen molar-refractivity contribution in [2.45, 2.75) is 95.8 Å². The average molecular weight is 802 g/mol. The monoisotopic (exact) mass is 801 g/mol. The molecule has 15 nitrogen and oxygen atoms in total. The minimum absolute atomic E-state index is 0.0862. The zero-order valence-electron chi connectivity index (χ0n) is 30.7. The third-order valence-corrected chi connectivity index (χ3v) is 11.5. The minimum Gasteiger partial charge on any atom is -0.481 e. The van der Waals surface area contributed by atoms with Gasteiger partial charge < -0.3 is 39.4 Å². The Morgan fingerprint density at radius 2 is 1.52 bits per heavy atom. The predicted octanol–water partition coefficient (Wildman–Crippen LogP) is 5.16. The number of fused-ring (bicyclic) bond motifs is 1. The Morgan fingerprint density at radius 3 is 2.02 bits per heavy atom. The van der Waals surface area contributed by atoms with Gasteiger partial charge in [-0.15, -0.1) is 0 Å². The summed E-state index contributed by atoms with van der Waals surface area (Å²) in [6.07, 6.45) is -0.206. The number of anilines is 1. The molecule has 1 aliphatic rings. The molecule has 1 saturated heterocycles. The smallest absolute Gasteiger partial charge is 0.342 e. The quantitative estimate of drug-likeness (QED) is 0.0616. The molecule has 292 valence electrons. The molecule has 1 fully saturated rings. The number of nitrogen functional groups attached to an aromatic ring is 1. The summed E-state index contributed by atoms with van der Waals surface area (Å²) in [6, 6.07) is 17.8. The number of aliphatic hydroxyl groups is 2. The van der Waals surface area contributed by atoms with Gasteiger partial charge in [-0.3, -0.25) is 9.13 Å². The van der Waals surface area contributed by atoms with Crippen molar-refractivity contribution in [3.8, 4) is 5.88 Å². The number of aromatic nitrogens is 4. The van der Waals surface area contributed by atoms with E-state index in [1.165, 1.54) is 24.9 Å². The van der Waals surface area contributed by atoms with E-state index < -0.39 is 50.4 Å². The normalized spacial score (nSPS) is 21.1. The number of ether oxygens (including phenoxy) is 4. The summed E-state index contributed by atoms with van der Waals surface area (Å²) in [7, 11) is -2.71. The molecule has 6 N–H and O–H groups in total. The molecule has 0 saturated carbocycles. The first-order valence-electron chi connectivity index (χ1n) is 17.7. The Kier molecular flexibility index (Phi) is 14.5. The molecule has 4 aromatic rings. The van der Waals surface area contributed by atoms with E-state index in [0.717, 1.165) is 11.1 Å². The van der Waals surface area contributed by atoms with Gasteiger partial charge in [0.05, 0.1) is 32.1 Å². The van der Waals surface area contributed by atoms with Crippen molar-refractivity contribution in [2.75, 3.05) is 19.5 Å². The molecular formula is C36H48N7O8PS2. The highest BCUT2D eigenvalue weighted by molar-refractivity contribution is 7.80. The van der Waals surface area contributed by atoms with Crippen molar-refractivity contribution in [3.63, 3.8) is 0 Å². The van der Waals surface area contributed by atoms with Gasteiger partial charge in [-0.1, -0.05) is 87.4 Å². The molecule has 0 aliphatic carbocycles. The number of thiocarbonyl (C=S) groups is 2. The highest BCUT2D eigenvalue weighted by Gasteiger charge is 2.54. The zero-order valence-corrected chi connectivity index (χ0v) is 33.2. The first-order chi connectivity index (χ1) is 25.9. The number of hydrogen-bond acceptors (Lipinski definition) is 14. The molecule has 0 spiro atoms. The Hall–Kier alpha value is -3.64. The largest absolute Gasteiger partial charge is 0.481 e. The van der Waals surface area contributed by atoms with Crippen molar-refractivity contribution in [3.05, 3.63) is 78.1 Å². The van der Waals surface area contributed by atoms with Crippen LogP contribution in [0.25, 0.3) is 11.2 Å². The van der Waals surface area contributed by atoms with Crippen LogP contribution in [-0.2, 0) is 36.5 Å². The van der Waals surface area contributed by atoms with E-state index in [1.54, 1.807) is 0 Å². The number of benzene rings is 2. The Morgan fingerprint density at radius 1 is 0.981 bits per heavy atom. The van der Waals surface area contributed by atoms with E-state index >= 15 is 4.57 Å². The summed E-state index contributed by atoms with van der Waals surface area (Å²) >= 11 is 11.4. The molecule has 1 aliphatic heterocycles. The van der Waals surface area contributed by atoms with Crippen LogP contribution < -0.4 is 20.6 Å². The van der Waals surface area contributed by atoms with Crippen molar-refractivity contribution in [1.82, 2.24) is 29.7 Å². The third-order valence-electron chi connectivity index (χ3n) is 8.85. The number of rotatable bonds is 19. The summed E-state index contributed by atoms with van der Waals surface area (Å²) in [5.74, 6) is 0.0452. The Balaban J connectivity index is 1.38. The van der Waals surface area contributed by atoms with Crippen LogP contribution in [0.3, 0.4) is 0 Å². The topological polar surface area (TPSA) is 197 Å². The van der Waals surface area contributed by atoms with Gasteiger partial charge in [-0.05, 0) is 55.3 Å². The van der Waals surface area contributed by atoms with Crippen LogP contribution in [0, 0.1) is 0 Å². The van der Waals surface area contributed by atoms with E-state index in [4.69, 9.17) is 53.6 Å². The van der Waals surface area contributed by atoms with Crippen LogP contribution in [0.5, 0.6) is 5.88 Å². The maximum absolute atomic E-state index is 15.0. The minimum atomic E-state index is -4.13. The number of imidazole rings is 1. The second-order valence-corrected chi connectivity index (χ2v) is 15.8. The van der Waals surface area contributed by atoms with Crippen LogP contribution in [0.2, 0.25) is 0 Å². The summed E-state index contributed by atoms with van der Waals surface area (Å²) in [6.45, 7) is 5.37. The molecule has 3 heterocycles. The van der Waals surface area contributed by atoms with Gasteiger partial charge in [-0.25, -0.2) is 15.2 Å². The molecule has 2 aromatic heterocycles. The lowest BCUT2D eigenvalue weighted by molar-refractivity contribution is -0.0947. The second-order valence-electron chi connectivity index (χ2n) is 13.1. The first-order valence-corrected chi connectivity index (χ1v) is 20.1. The molecule has 0 unspecified atom stereocenters. The van der Waals surface area contributed by atoms with Crippen molar-refractivity contribution >= 4 is 59.3 Å². The van der Waals surface area contributed by atoms with Crippen LogP contribution in [0.15, 0.2) is 67.0 Å². The molecule has 0 amide bonds. The highest BCUT2D eigenvalue weighted by Crippen LogP contribution is 2.45. The van der Waals surface area contributed by atoms with Crippen molar-refractivity contribution < 1.29 is 38.2 Å². The fraction of sp³-hybridized carbons (Fsp3) is 0.472. The van der Waals surface area contributed by atoms with Crippen LogP contribution in [0.1, 0.15) is 63.8 Å². The molecule has 54 heavy (non-hydrogen) atoms. The van der Waals surface area contributed by atoms with Crippen LogP contribution >= 0.6 is 32.1 Å². The molecule has 18 heteroatoms. The second kappa shape index (κ2) is 18.8. The van der Waals surface area contributed by atoms with Crippen molar-refractivity contribution in [2.24, 2.45) is 0 Å². The molecule has 0 bridgehead atoms. The average Bonchev–Trinajstić information content (AvgIpc) is 3.68. The number of hydrogen-bond donors (Lipinski definition) is 5. The van der Waals surface area contributed by atoms with E-state index in [-0.39, 0.29) is 46.3 Å². The number of aliphatic hydroxyl groups excluding tert-OH is 1. The summed E-state index contributed by atoms with van der Waals surface area (Å²) in [4.78, 5) is 12.6. The lowest BCUT2D eigenvalue weighted by Gasteiger charge is -2.31. The van der Waals surface area contributed by atoms with E-state index in [2.05, 4.69) is 25.1 Å². The number of methoxy groups -OCH3 is 1. The van der Waals surface area contributed by atoms with Crippen LogP contribution in [0.4, 0.5) is 5.95 Å². The molecule has 5 rings (SSSR count). The highest BCUT2D eigenvalue weighted by atomic mass is 32.1. The zero-order chi connectivity index (χ0) is 38.9. The third kappa shape index (κ3) is 10.2. The van der Waals surface area contributed by atoms with Crippen LogP contribution in [-0.4, -0.2) is 83.4 Å². The standard InChI is InChI=1S/C36H48N7O8PS2/c1-5-13-25(32(53)48-19-23-15-9-7-10-16-23)41-52(46,42-26(14-6-2)33(54)49-20-24-17-11-8-12-18-24)50-21-27-29(44)36(3,45)34(51-27)43-22-38-28-30(43)39-35(37)40-31(28)47-4/h7-12,15-18,22,25-27,29,34,44-45H,5-6,13-14,19-21H2,1-4H3,(H2,37,39,40)(H2,41,42,46)/t25-,26-,27+,29+,34+,36+/m0/s1. The lowest BCUT2D eigenvalue weighted by Crippen LogP contribution is -2.46. The molecule has 6 atom stereocenters. The SMILES string of the molecule is CCC[C@H](NP(=O)(N[C@@H](CCC)C(=S)OCc1ccccc1)OC[C@H]1O[C@@H](n2cnc3c(OC)nc(N)nc32)[C@](C)(O)[C@@H]1O)C(=S)OCc1ccccc1. The number of nitrogens with zero attached hydrogens (tertiary/aromatic N) is 4. The van der Waals surface area contributed by atoms with E-state index in [9.17, 15) is 10.2 Å². The first kappa shape index (κ1) is 41.5. The van der Waals surface area contributed by atoms with E-state index in [0.29, 0.717) is 25.7 Å². The Bertz CT molecular complexity index is 1830. The van der Waals surface area contributed by atoms with Gasteiger partial charge in [0.2, 0.25) is 11.8 Å². The van der Waals surface area contributed by atoms with Gasteiger partial charge in [-0.2, -0.15) is 9.97 Å².